The van der Waals surface area contributed by atoms with Gasteiger partial charge in [0.2, 0.25) is 0 Å². The molecule has 1 aliphatic heterocycles. The van der Waals surface area contributed by atoms with Crippen LogP contribution in [0.25, 0.3) is 0 Å². The van der Waals surface area contributed by atoms with Crippen molar-refractivity contribution in [1.29, 1.82) is 0 Å². The number of rotatable bonds is 2. The Morgan fingerprint density at radius 3 is 2.64 bits per heavy atom. The lowest BCUT2D eigenvalue weighted by Crippen LogP contribution is -2.21. The van der Waals surface area contributed by atoms with E-state index in [0.717, 1.165) is 11.1 Å². The number of fused-ring (bicyclic) bond motifs is 1. The third kappa shape index (κ3) is 2.09. The largest absolute Gasteiger partial charge is 0.288 e. The van der Waals surface area contributed by atoms with Crippen molar-refractivity contribution in [2.45, 2.75) is 31.1 Å². The molecule has 1 radical (unpaired) electrons. The van der Waals surface area contributed by atoms with Crippen molar-refractivity contribution in [3.63, 3.8) is 0 Å². The number of benzene rings is 1. The lowest BCUT2D eigenvalue weighted by molar-refractivity contribution is 0.103. The maximum atomic E-state index is 12.6. The lowest BCUT2D eigenvalue weighted by Gasteiger charge is -2.20. The highest BCUT2D eigenvalue weighted by Crippen LogP contribution is 2.42. The van der Waals surface area contributed by atoms with Gasteiger partial charge in [0.1, 0.15) is 0 Å². The maximum Gasteiger partial charge on any atom is 0.197 e. The minimum atomic E-state index is -3.27. The van der Waals surface area contributed by atoms with Gasteiger partial charge in [-0.3, -0.25) is 9.48 Å². The van der Waals surface area contributed by atoms with Crippen molar-refractivity contribution < 1.29 is 13.2 Å². The smallest absolute Gasteiger partial charge is 0.197 e. The maximum absolute atomic E-state index is 12.6. The van der Waals surface area contributed by atoms with Crippen molar-refractivity contribution in [3.05, 3.63) is 46.8 Å². The van der Waals surface area contributed by atoms with E-state index in [-0.39, 0.29) is 11.5 Å². The number of sulfone groups is 1. The van der Waals surface area contributed by atoms with Gasteiger partial charge in [-0.2, -0.15) is 5.10 Å². The number of aromatic nitrogens is 2. The first kappa shape index (κ1) is 15.0. The number of ketones is 1. The third-order valence-corrected chi connectivity index (χ3v) is 6.23. The van der Waals surface area contributed by atoms with Gasteiger partial charge in [-0.1, -0.05) is 13.8 Å². The van der Waals surface area contributed by atoms with Crippen LogP contribution in [0.1, 0.15) is 40.9 Å². The molecule has 1 aromatic carbocycles. The molecule has 1 aliphatic rings. The molecular weight excluding hydrogens is 300 g/mol. The van der Waals surface area contributed by atoms with Gasteiger partial charge >= 0.3 is 0 Å². The van der Waals surface area contributed by atoms with E-state index in [4.69, 9.17) is 0 Å². The van der Waals surface area contributed by atoms with Crippen LogP contribution in [0.4, 0.5) is 0 Å². The standard InChI is InChI=1S/C16H17N2O3S/c1-10-12(15(19)11-7-17-18(4)8-11)5-6-13-14(10)16(2,3)9-22(13,20)21/h5-7H,9H2,1-4H3. The summed E-state index contributed by atoms with van der Waals surface area (Å²) in [7, 11) is -1.58. The molecule has 0 saturated carbocycles. The Balaban J connectivity index is 2.20. The summed E-state index contributed by atoms with van der Waals surface area (Å²) in [5, 5.41) is 3.96. The van der Waals surface area contributed by atoms with Crippen molar-refractivity contribution in [1.82, 2.24) is 9.78 Å². The van der Waals surface area contributed by atoms with Crippen molar-refractivity contribution in [2.24, 2.45) is 7.05 Å². The molecule has 115 valence electrons. The summed E-state index contributed by atoms with van der Waals surface area (Å²) < 4.78 is 26.0. The van der Waals surface area contributed by atoms with Gasteiger partial charge in [0.25, 0.3) is 0 Å². The zero-order valence-electron chi connectivity index (χ0n) is 13.0. The highest BCUT2D eigenvalue weighted by Gasteiger charge is 2.42. The number of hydrogen-bond acceptors (Lipinski definition) is 4. The monoisotopic (exact) mass is 317 g/mol. The van der Waals surface area contributed by atoms with Gasteiger partial charge in [0.05, 0.1) is 28.6 Å². The fourth-order valence-electron chi connectivity index (χ4n) is 3.29. The first-order chi connectivity index (χ1) is 10.1. The Morgan fingerprint density at radius 2 is 2.05 bits per heavy atom. The first-order valence-corrected chi connectivity index (χ1v) is 8.61. The normalized spacial score (nSPS) is 18.2. The summed E-state index contributed by atoms with van der Waals surface area (Å²) >= 11 is 0. The van der Waals surface area contributed by atoms with Crippen LogP contribution in [0.15, 0.2) is 23.2 Å². The molecular formula is C16H17N2O3S. The first-order valence-electron chi connectivity index (χ1n) is 6.96. The second-order valence-electron chi connectivity index (χ2n) is 6.38. The molecule has 6 heteroatoms. The van der Waals surface area contributed by atoms with Crippen molar-refractivity contribution in [3.8, 4) is 0 Å². The summed E-state index contributed by atoms with van der Waals surface area (Å²) in [6, 6.07) is 3.15. The highest BCUT2D eigenvalue weighted by molar-refractivity contribution is 7.91. The Bertz CT molecular complexity index is 892. The van der Waals surface area contributed by atoms with E-state index in [1.165, 1.54) is 10.9 Å². The Kier molecular flexibility index (Phi) is 3.08. The van der Waals surface area contributed by atoms with E-state index in [9.17, 15) is 13.2 Å². The quantitative estimate of drug-likeness (QED) is 0.792. The predicted octanol–water partition coefficient (Wildman–Crippen LogP) is 1.82. The fraction of sp³-hybridized carbons (Fsp3) is 0.375. The van der Waals surface area contributed by atoms with E-state index in [1.54, 1.807) is 19.2 Å². The van der Waals surface area contributed by atoms with E-state index in [1.807, 2.05) is 20.8 Å². The average Bonchev–Trinajstić information content (AvgIpc) is 2.89. The van der Waals surface area contributed by atoms with Gasteiger partial charge < -0.3 is 0 Å². The summed E-state index contributed by atoms with van der Waals surface area (Å²) in [5.74, 6) is -0.110. The zero-order valence-corrected chi connectivity index (χ0v) is 13.8. The van der Waals surface area contributed by atoms with Crippen LogP contribution in [0.2, 0.25) is 0 Å². The molecule has 0 bridgehead atoms. The zero-order chi connectivity index (χ0) is 16.3. The topological polar surface area (TPSA) is 69.0 Å². The third-order valence-electron chi connectivity index (χ3n) is 4.12. The number of hydrogen-bond donors (Lipinski definition) is 0. The second-order valence-corrected chi connectivity index (χ2v) is 8.34. The minimum absolute atomic E-state index is 0.0762. The van der Waals surface area contributed by atoms with Gasteiger partial charge in [-0.15, -0.1) is 0 Å². The number of nitrogens with zero attached hydrogens (tertiary/aromatic N) is 2. The fourth-order valence-corrected chi connectivity index (χ4v) is 5.55. The van der Waals surface area contributed by atoms with Crippen LogP contribution in [0.3, 0.4) is 0 Å². The van der Waals surface area contributed by atoms with Crippen LogP contribution in [-0.2, 0) is 22.3 Å². The summed E-state index contributed by atoms with van der Waals surface area (Å²) in [6.07, 6.45) is 4.31. The summed E-state index contributed by atoms with van der Waals surface area (Å²) in [4.78, 5) is 13.0. The molecule has 0 N–H and O–H groups in total. The molecule has 1 aromatic heterocycles. The molecule has 22 heavy (non-hydrogen) atoms. The molecule has 0 amide bonds. The number of carbonyl (C=O) groups is 1. The van der Waals surface area contributed by atoms with E-state index in [0.29, 0.717) is 16.0 Å². The van der Waals surface area contributed by atoms with Gasteiger partial charge in [0.15, 0.2) is 15.6 Å². The molecule has 5 nitrogen and oxygen atoms in total. The Labute approximate surface area is 129 Å². The summed E-state index contributed by atoms with van der Waals surface area (Å²) in [6.45, 7) is 5.60. The van der Waals surface area contributed by atoms with E-state index in [2.05, 4.69) is 11.3 Å². The van der Waals surface area contributed by atoms with E-state index >= 15 is 0 Å². The van der Waals surface area contributed by atoms with Crippen molar-refractivity contribution in [2.75, 3.05) is 5.75 Å². The van der Waals surface area contributed by atoms with Crippen LogP contribution in [-0.4, -0.2) is 29.7 Å². The van der Waals surface area contributed by atoms with Gasteiger partial charge in [0, 0.05) is 18.0 Å². The van der Waals surface area contributed by atoms with Crippen LogP contribution in [0, 0.1) is 13.1 Å². The molecule has 0 spiro atoms. The lowest BCUT2D eigenvalue weighted by atomic mass is 9.82. The molecule has 0 unspecified atom stereocenters. The average molecular weight is 317 g/mol. The predicted molar refractivity (Wildman–Crippen MR) is 81.7 cm³/mol. The molecule has 3 rings (SSSR count). The van der Waals surface area contributed by atoms with Gasteiger partial charge in [-0.05, 0) is 30.2 Å². The van der Waals surface area contributed by atoms with E-state index < -0.39 is 15.3 Å². The molecule has 0 saturated heterocycles. The number of aryl methyl sites for hydroxylation is 1. The SMILES string of the molecule is Cc1c(C(=O)c2[c]n(C)nc2)ccc2c1C(C)(C)CS2(=O)=O. The molecule has 0 fully saturated rings. The molecule has 2 aromatic rings. The number of carbonyl (C=O) groups excluding carboxylic acids is 1. The van der Waals surface area contributed by atoms with Crippen molar-refractivity contribution >= 4 is 15.6 Å². The van der Waals surface area contributed by atoms with Crippen LogP contribution >= 0.6 is 0 Å². The minimum Gasteiger partial charge on any atom is -0.288 e. The Hall–Kier alpha value is -1.95. The molecule has 2 heterocycles. The molecule has 0 atom stereocenters. The second kappa shape index (κ2) is 4.52. The highest BCUT2D eigenvalue weighted by atomic mass is 32.2. The van der Waals surface area contributed by atoms with Crippen LogP contribution < -0.4 is 0 Å². The Morgan fingerprint density at radius 1 is 1.36 bits per heavy atom. The summed E-state index contributed by atoms with van der Waals surface area (Å²) in [5.41, 5.74) is 1.87. The van der Waals surface area contributed by atoms with Gasteiger partial charge in [-0.25, -0.2) is 8.42 Å². The molecule has 0 aliphatic carbocycles. The van der Waals surface area contributed by atoms with Crippen LogP contribution in [0.5, 0.6) is 0 Å².